The Morgan fingerprint density at radius 3 is 1.86 bits per heavy atom. The van der Waals surface area contributed by atoms with Crippen LogP contribution in [0.4, 0.5) is 0 Å². The van der Waals surface area contributed by atoms with Crippen molar-refractivity contribution >= 4 is 36.2 Å². The van der Waals surface area contributed by atoms with Crippen molar-refractivity contribution in [2.45, 2.75) is 12.8 Å². The minimum absolute atomic E-state index is 0. The highest BCUT2D eigenvalue weighted by molar-refractivity contribution is 5.94. The third kappa shape index (κ3) is 5.53. The molecule has 3 aromatic rings. The van der Waals surface area contributed by atoms with Crippen molar-refractivity contribution < 1.29 is 9.47 Å². The van der Waals surface area contributed by atoms with Crippen molar-refractivity contribution in [2.24, 2.45) is 0 Å². The molecule has 2 aliphatic rings. The summed E-state index contributed by atoms with van der Waals surface area (Å²) in [6.07, 6.45) is 11.1. The lowest BCUT2D eigenvalue weighted by Gasteiger charge is -2.29. The van der Waals surface area contributed by atoms with Crippen LogP contribution in [0.3, 0.4) is 0 Å². The fraction of sp³-hybridized carbons (Fsp3) is 0.226. The third-order valence-electron chi connectivity index (χ3n) is 6.76. The molecule has 1 heterocycles. The van der Waals surface area contributed by atoms with Crippen molar-refractivity contribution in [2.75, 3.05) is 33.9 Å². The number of halogens is 1. The number of hydrogen-bond donors (Lipinski definition) is 0. The van der Waals surface area contributed by atoms with Gasteiger partial charge in [-0.3, -0.25) is 4.90 Å². The predicted octanol–water partition coefficient (Wildman–Crippen LogP) is 7.22. The van der Waals surface area contributed by atoms with E-state index in [1.165, 1.54) is 27.8 Å². The average Bonchev–Trinajstić information content (AvgIpc) is 3.06. The van der Waals surface area contributed by atoms with Crippen LogP contribution in [0.2, 0.25) is 0 Å². The van der Waals surface area contributed by atoms with E-state index in [9.17, 15) is 0 Å². The first kappa shape index (κ1) is 24.8. The highest BCUT2D eigenvalue weighted by Crippen LogP contribution is 2.38. The lowest BCUT2D eigenvalue weighted by molar-refractivity contribution is 0.284. The standard InChI is InChI=1S/C31H31NO2.ClH/c1-33-27-20-23(21-28(22-27)34-2)8-7-17-32-18-15-26(16-19-32)31-29-11-5-3-9-24(29)13-14-25-10-4-6-12-30(25)31;/h3-14,20-22H,15-19H2,1-2H3;1H. The summed E-state index contributed by atoms with van der Waals surface area (Å²) in [5.74, 6) is 1.62. The number of piperidine rings is 1. The van der Waals surface area contributed by atoms with Crippen LogP contribution in [0.25, 0.3) is 23.8 Å². The van der Waals surface area contributed by atoms with Gasteiger partial charge in [0.15, 0.2) is 0 Å². The highest BCUT2D eigenvalue weighted by Gasteiger charge is 2.22. The van der Waals surface area contributed by atoms with E-state index in [1.54, 1.807) is 19.8 Å². The average molecular weight is 486 g/mol. The van der Waals surface area contributed by atoms with Crippen LogP contribution in [-0.2, 0) is 0 Å². The summed E-state index contributed by atoms with van der Waals surface area (Å²) in [7, 11) is 3.37. The monoisotopic (exact) mass is 485 g/mol. The van der Waals surface area contributed by atoms with Gasteiger partial charge in [0.25, 0.3) is 0 Å². The zero-order valence-corrected chi connectivity index (χ0v) is 21.2. The van der Waals surface area contributed by atoms with Crippen LogP contribution in [-0.4, -0.2) is 38.8 Å². The molecule has 0 N–H and O–H groups in total. The predicted molar refractivity (Wildman–Crippen MR) is 149 cm³/mol. The first-order chi connectivity index (χ1) is 16.7. The quantitative estimate of drug-likeness (QED) is 0.298. The zero-order valence-electron chi connectivity index (χ0n) is 20.4. The van der Waals surface area contributed by atoms with E-state index < -0.39 is 0 Å². The number of fused-ring (bicyclic) bond motifs is 2. The molecule has 180 valence electrons. The topological polar surface area (TPSA) is 21.7 Å². The molecular weight excluding hydrogens is 454 g/mol. The highest BCUT2D eigenvalue weighted by atomic mass is 35.5. The number of rotatable bonds is 5. The first-order valence-corrected chi connectivity index (χ1v) is 12.0. The number of methoxy groups -OCH3 is 2. The summed E-state index contributed by atoms with van der Waals surface area (Å²) in [5, 5.41) is 0. The summed E-state index contributed by atoms with van der Waals surface area (Å²) in [6, 6.07) is 23.6. The summed E-state index contributed by atoms with van der Waals surface area (Å²) in [5.41, 5.74) is 9.44. The van der Waals surface area contributed by atoms with Gasteiger partial charge < -0.3 is 9.47 Å². The normalized spacial score (nSPS) is 15.3. The molecule has 0 unspecified atom stereocenters. The third-order valence-corrected chi connectivity index (χ3v) is 6.76. The van der Waals surface area contributed by atoms with Gasteiger partial charge >= 0.3 is 0 Å². The Hall–Kier alpha value is -3.27. The zero-order chi connectivity index (χ0) is 23.3. The van der Waals surface area contributed by atoms with Crippen molar-refractivity contribution in [3.05, 3.63) is 106 Å². The van der Waals surface area contributed by atoms with E-state index in [0.717, 1.165) is 49.5 Å². The van der Waals surface area contributed by atoms with Gasteiger partial charge in [-0.15, -0.1) is 12.4 Å². The number of hydrogen-bond acceptors (Lipinski definition) is 3. The molecule has 1 fully saturated rings. The van der Waals surface area contributed by atoms with Crippen LogP contribution in [0.15, 0.2) is 78.4 Å². The van der Waals surface area contributed by atoms with Gasteiger partial charge in [0.2, 0.25) is 0 Å². The second kappa shape index (κ2) is 11.4. The maximum Gasteiger partial charge on any atom is 0.123 e. The smallest absolute Gasteiger partial charge is 0.123 e. The molecule has 3 nitrogen and oxygen atoms in total. The van der Waals surface area contributed by atoms with Crippen molar-refractivity contribution in [1.82, 2.24) is 4.90 Å². The molecule has 1 saturated heterocycles. The van der Waals surface area contributed by atoms with Gasteiger partial charge in [-0.25, -0.2) is 0 Å². The van der Waals surface area contributed by atoms with Crippen molar-refractivity contribution in [3.8, 4) is 11.5 Å². The maximum absolute atomic E-state index is 5.39. The molecule has 0 spiro atoms. The fourth-order valence-corrected chi connectivity index (χ4v) is 4.96. The molecule has 4 heteroatoms. The fourth-order valence-electron chi connectivity index (χ4n) is 4.96. The second-order valence-corrected chi connectivity index (χ2v) is 8.84. The van der Waals surface area contributed by atoms with Crippen LogP contribution in [0.5, 0.6) is 11.5 Å². The summed E-state index contributed by atoms with van der Waals surface area (Å²) >= 11 is 0. The minimum Gasteiger partial charge on any atom is -0.497 e. The Labute approximate surface area is 214 Å². The van der Waals surface area contributed by atoms with Crippen LogP contribution >= 0.6 is 12.4 Å². The second-order valence-electron chi connectivity index (χ2n) is 8.84. The van der Waals surface area contributed by atoms with Crippen LogP contribution < -0.4 is 9.47 Å². The van der Waals surface area contributed by atoms with Crippen molar-refractivity contribution in [3.63, 3.8) is 0 Å². The molecule has 0 radical (unpaired) electrons. The van der Waals surface area contributed by atoms with Gasteiger partial charge in [0, 0.05) is 25.7 Å². The minimum atomic E-state index is 0. The van der Waals surface area contributed by atoms with E-state index in [-0.39, 0.29) is 12.4 Å². The maximum atomic E-state index is 5.39. The van der Waals surface area contributed by atoms with Crippen LogP contribution in [0.1, 0.15) is 40.7 Å². The molecule has 0 atom stereocenters. The molecule has 1 aliphatic heterocycles. The lowest BCUT2D eigenvalue weighted by atomic mass is 9.86. The summed E-state index contributed by atoms with van der Waals surface area (Å²) in [6.45, 7) is 3.08. The number of ether oxygens (including phenoxy) is 2. The van der Waals surface area contributed by atoms with E-state index in [0.29, 0.717) is 0 Å². The Balaban J connectivity index is 0.00000289. The Morgan fingerprint density at radius 1 is 0.771 bits per heavy atom. The van der Waals surface area contributed by atoms with E-state index in [1.807, 2.05) is 18.2 Å². The van der Waals surface area contributed by atoms with E-state index in [4.69, 9.17) is 9.47 Å². The number of nitrogens with zero attached hydrogens (tertiary/aromatic N) is 1. The molecule has 0 amide bonds. The van der Waals surface area contributed by atoms with E-state index in [2.05, 4.69) is 77.7 Å². The number of likely N-dealkylation sites (tertiary alicyclic amines) is 1. The van der Waals surface area contributed by atoms with Crippen LogP contribution in [0, 0.1) is 0 Å². The summed E-state index contributed by atoms with van der Waals surface area (Å²) in [4.78, 5) is 2.53. The Kier molecular flexibility index (Phi) is 8.12. The Bertz CT molecular complexity index is 1190. The lowest BCUT2D eigenvalue weighted by Crippen LogP contribution is -2.31. The van der Waals surface area contributed by atoms with Gasteiger partial charge in [0.05, 0.1) is 14.2 Å². The summed E-state index contributed by atoms with van der Waals surface area (Å²) < 4.78 is 10.8. The molecule has 35 heavy (non-hydrogen) atoms. The van der Waals surface area contributed by atoms with Gasteiger partial charge in [-0.1, -0.05) is 78.4 Å². The largest absolute Gasteiger partial charge is 0.497 e. The molecule has 0 aromatic heterocycles. The first-order valence-electron chi connectivity index (χ1n) is 12.0. The molecule has 0 bridgehead atoms. The van der Waals surface area contributed by atoms with Gasteiger partial charge in [0.1, 0.15) is 11.5 Å². The molecule has 1 aliphatic carbocycles. The molecule has 0 saturated carbocycles. The van der Waals surface area contributed by atoms with E-state index >= 15 is 0 Å². The molecular formula is C31H32ClNO2. The van der Waals surface area contributed by atoms with Gasteiger partial charge in [-0.2, -0.15) is 0 Å². The number of benzene rings is 3. The molecule has 5 rings (SSSR count). The SMILES string of the molecule is COc1cc(C=CCN2CCC(=C3c4ccccc4C=Cc4ccccc43)CC2)cc(OC)c1.Cl. The Morgan fingerprint density at radius 2 is 1.31 bits per heavy atom. The molecule has 3 aromatic carbocycles. The van der Waals surface area contributed by atoms with Crippen molar-refractivity contribution in [1.29, 1.82) is 0 Å². The van der Waals surface area contributed by atoms with Gasteiger partial charge in [-0.05, 0) is 58.4 Å².